The zero-order valence-electron chi connectivity index (χ0n) is 10.5. The lowest BCUT2D eigenvalue weighted by atomic mass is 10.2. The first-order valence-electron chi connectivity index (χ1n) is 6.04. The molecule has 0 bridgehead atoms. The molecule has 8 nitrogen and oxygen atoms in total. The fraction of sp³-hybridized carbons (Fsp3) is 0.333. The van der Waals surface area contributed by atoms with Crippen LogP contribution in [-0.4, -0.2) is 29.4 Å². The first-order chi connectivity index (χ1) is 9.58. The molecule has 0 spiro atoms. The molecule has 0 unspecified atom stereocenters. The number of benzene rings is 1. The third-order valence-corrected chi connectivity index (χ3v) is 2.86. The molecule has 20 heavy (non-hydrogen) atoms. The van der Waals surface area contributed by atoms with Gasteiger partial charge in [-0.25, -0.2) is 0 Å². The number of nitro groups is 1. The van der Waals surface area contributed by atoms with E-state index in [-0.39, 0.29) is 11.3 Å². The summed E-state index contributed by atoms with van der Waals surface area (Å²) in [6.07, 6.45) is 0.903. The Hall–Kier alpha value is -2.48. The van der Waals surface area contributed by atoms with Gasteiger partial charge < -0.3 is 4.74 Å². The van der Waals surface area contributed by atoms with Gasteiger partial charge in [-0.2, -0.15) is 0 Å². The first-order valence-corrected chi connectivity index (χ1v) is 6.04. The zero-order chi connectivity index (χ0) is 14.5. The Morgan fingerprint density at radius 2 is 1.95 bits per heavy atom. The predicted octanol–water partition coefficient (Wildman–Crippen LogP) is 0.535. The molecule has 0 saturated carbocycles. The second-order valence-corrected chi connectivity index (χ2v) is 4.25. The van der Waals surface area contributed by atoms with E-state index in [1.54, 1.807) is 0 Å². The summed E-state index contributed by atoms with van der Waals surface area (Å²) < 4.78 is 5.16. The quantitative estimate of drug-likeness (QED) is 0.619. The number of hydrazine groups is 1. The number of carbonyl (C=O) groups excluding carboxylic acids is 2. The molecule has 1 aliphatic heterocycles. The van der Waals surface area contributed by atoms with Gasteiger partial charge in [-0.15, -0.1) is 0 Å². The van der Waals surface area contributed by atoms with Gasteiger partial charge in [0, 0.05) is 24.3 Å². The summed E-state index contributed by atoms with van der Waals surface area (Å²) in [5, 5.41) is 10.5. The van der Waals surface area contributed by atoms with Gasteiger partial charge in [-0.05, 0) is 25.0 Å². The Balaban J connectivity index is 1.88. The molecule has 1 aliphatic rings. The molecule has 0 aliphatic carbocycles. The molecule has 1 aromatic rings. The lowest BCUT2D eigenvalue weighted by Crippen LogP contribution is -2.46. The van der Waals surface area contributed by atoms with Crippen molar-refractivity contribution in [3.8, 4) is 0 Å². The molecule has 2 N–H and O–H groups in total. The molecular weight excluding hydrogens is 266 g/mol. The van der Waals surface area contributed by atoms with Gasteiger partial charge in [0.2, 0.25) is 0 Å². The molecule has 2 rings (SSSR count). The molecule has 106 valence electrons. The van der Waals surface area contributed by atoms with Crippen LogP contribution in [0.3, 0.4) is 0 Å². The number of hydrogen-bond donors (Lipinski definition) is 2. The van der Waals surface area contributed by atoms with Gasteiger partial charge >= 0.3 is 0 Å². The number of nitrogens with one attached hydrogen (secondary N) is 2. The van der Waals surface area contributed by atoms with Crippen molar-refractivity contribution < 1.29 is 19.2 Å². The normalized spacial score (nSPS) is 17.5. The van der Waals surface area contributed by atoms with Crippen LogP contribution < -0.4 is 10.9 Å². The largest absolute Gasteiger partial charge is 0.368 e. The van der Waals surface area contributed by atoms with E-state index < -0.39 is 22.8 Å². The summed E-state index contributed by atoms with van der Waals surface area (Å²) in [4.78, 5) is 33.2. The molecule has 0 radical (unpaired) electrons. The highest BCUT2D eigenvalue weighted by Gasteiger charge is 2.23. The summed E-state index contributed by atoms with van der Waals surface area (Å²) in [5.41, 5.74) is 4.60. The number of ether oxygens (including phenoxy) is 1. The van der Waals surface area contributed by atoms with Crippen molar-refractivity contribution in [1.29, 1.82) is 0 Å². The molecule has 1 heterocycles. The third kappa shape index (κ3) is 3.29. The maximum atomic E-state index is 11.7. The van der Waals surface area contributed by atoms with Crippen LogP contribution in [0.25, 0.3) is 0 Å². The maximum Gasteiger partial charge on any atom is 0.269 e. The van der Waals surface area contributed by atoms with Crippen molar-refractivity contribution in [3.63, 3.8) is 0 Å². The Labute approximate surface area is 114 Å². The van der Waals surface area contributed by atoms with E-state index in [9.17, 15) is 19.7 Å². The fourth-order valence-electron chi connectivity index (χ4n) is 1.79. The summed E-state index contributed by atoms with van der Waals surface area (Å²) >= 11 is 0. The smallest absolute Gasteiger partial charge is 0.269 e. The van der Waals surface area contributed by atoms with Crippen LogP contribution in [0.5, 0.6) is 0 Å². The molecule has 1 fully saturated rings. The minimum Gasteiger partial charge on any atom is -0.368 e. The monoisotopic (exact) mass is 279 g/mol. The summed E-state index contributed by atoms with van der Waals surface area (Å²) in [6.45, 7) is 0.536. The van der Waals surface area contributed by atoms with Crippen molar-refractivity contribution >= 4 is 17.5 Å². The van der Waals surface area contributed by atoms with Crippen LogP contribution in [0, 0.1) is 10.1 Å². The van der Waals surface area contributed by atoms with Crippen LogP contribution in [0.1, 0.15) is 23.2 Å². The Morgan fingerprint density at radius 3 is 2.50 bits per heavy atom. The van der Waals surface area contributed by atoms with Crippen molar-refractivity contribution in [2.24, 2.45) is 0 Å². The van der Waals surface area contributed by atoms with Gasteiger partial charge in [0.1, 0.15) is 6.10 Å². The molecule has 1 atom stereocenters. The van der Waals surface area contributed by atoms with Crippen molar-refractivity contribution in [3.05, 3.63) is 39.9 Å². The van der Waals surface area contributed by atoms with E-state index in [2.05, 4.69) is 10.9 Å². The number of nitrogens with zero attached hydrogens (tertiary/aromatic N) is 1. The number of amides is 2. The van der Waals surface area contributed by atoms with E-state index in [0.717, 1.165) is 6.42 Å². The number of carbonyl (C=O) groups is 2. The topological polar surface area (TPSA) is 111 Å². The van der Waals surface area contributed by atoms with Gasteiger partial charge in [-0.1, -0.05) is 0 Å². The highest BCUT2D eigenvalue weighted by molar-refractivity contribution is 5.95. The molecular formula is C12H13N3O5. The van der Waals surface area contributed by atoms with Gasteiger partial charge in [0.15, 0.2) is 0 Å². The number of non-ortho nitro benzene ring substituents is 1. The lowest BCUT2D eigenvalue weighted by Gasteiger charge is -2.11. The van der Waals surface area contributed by atoms with Crippen molar-refractivity contribution in [2.45, 2.75) is 18.9 Å². The minimum atomic E-state index is -0.555. The standard InChI is InChI=1S/C12H13N3O5/c16-11(8-3-5-9(6-4-8)15(18)19)13-14-12(17)10-2-1-7-20-10/h3-6,10H,1-2,7H2,(H,13,16)(H,14,17)/t10-/m1/s1. The van der Waals surface area contributed by atoms with E-state index in [1.165, 1.54) is 24.3 Å². The van der Waals surface area contributed by atoms with Gasteiger partial charge in [0.25, 0.3) is 17.5 Å². The summed E-state index contributed by atoms with van der Waals surface area (Å²) in [6, 6.07) is 5.06. The average molecular weight is 279 g/mol. The molecule has 8 heteroatoms. The highest BCUT2D eigenvalue weighted by Crippen LogP contribution is 2.12. The molecule has 1 saturated heterocycles. The first kappa shape index (κ1) is 13.9. The van der Waals surface area contributed by atoms with Crippen molar-refractivity contribution in [2.75, 3.05) is 6.61 Å². The van der Waals surface area contributed by atoms with Crippen LogP contribution in [-0.2, 0) is 9.53 Å². The lowest BCUT2D eigenvalue weighted by molar-refractivity contribution is -0.384. The van der Waals surface area contributed by atoms with Crippen LogP contribution in [0.2, 0.25) is 0 Å². The maximum absolute atomic E-state index is 11.7. The van der Waals surface area contributed by atoms with Crippen molar-refractivity contribution in [1.82, 2.24) is 10.9 Å². The van der Waals surface area contributed by atoms with Crippen LogP contribution in [0.15, 0.2) is 24.3 Å². The predicted molar refractivity (Wildman–Crippen MR) is 67.7 cm³/mol. The van der Waals surface area contributed by atoms with E-state index in [0.29, 0.717) is 13.0 Å². The summed E-state index contributed by atoms with van der Waals surface area (Å²) in [5.74, 6) is -0.955. The van der Waals surface area contributed by atoms with E-state index in [4.69, 9.17) is 4.74 Å². The minimum absolute atomic E-state index is 0.107. The molecule has 0 aromatic heterocycles. The Kier molecular flexibility index (Phi) is 4.26. The zero-order valence-corrected chi connectivity index (χ0v) is 10.5. The number of nitro benzene ring substituents is 1. The second kappa shape index (κ2) is 6.11. The number of hydrogen-bond acceptors (Lipinski definition) is 5. The third-order valence-electron chi connectivity index (χ3n) is 2.86. The fourth-order valence-corrected chi connectivity index (χ4v) is 1.79. The highest BCUT2D eigenvalue weighted by atomic mass is 16.6. The molecule has 2 amide bonds. The SMILES string of the molecule is O=C(NNC(=O)[C@H]1CCCO1)c1ccc([N+](=O)[O-])cc1. The Morgan fingerprint density at radius 1 is 1.25 bits per heavy atom. The van der Waals surface area contributed by atoms with Gasteiger partial charge in [-0.3, -0.25) is 30.6 Å². The Bertz CT molecular complexity index is 522. The average Bonchev–Trinajstić information content (AvgIpc) is 2.98. The van der Waals surface area contributed by atoms with Crippen LogP contribution in [0.4, 0.5) is 5.69 Å². The van der Waals surface area contributed by atoms with E-state index in [1.807, 2.05) is 0 Å². The second-order valence-electron chi connectivity index (χ2n) is 4.25. The number of rotatable bonds is 3. The van der Waals surface area contributed by atoms with Crippen LogP contribution >= 0.6 is 0 Å². The summed E-state index contributed by atoms with van der Waals surface area (Å²) in [7, 11) is 0. The van der Waals surface area contributed by atoms with E-state index >= 15 is 0 Å². The van der Waals surface area contributed by atoms with Gasteiger partial charge in [0.05, 0.1) is 4.92 Å². The molecule has 1 aromatic carbocycles.